The topological polar surface area (TPSA) is 22.8 Å². The lowest BCUT2D eigenvalue weighted by Crippen LogP contribution is -2.15. The first kappa shape index (κ1) is 22.6. The maximum Gasteiger partial charge on any atom is 0.137 e. The van der Waals surface area contributed by atoms with Gasteiger partial charge >= 0.3 is 0 Å². The van der Waals surface area contributed by atoms with Crippen LogP contribution in [0.2, 0.25) is 0 Å². The third kappa shape index (κ3) is 2.80. The van der Waals surface area contributed by atoms with Gasteiger partial charge in [0.05, 0.1) is 22.1 Å². The number of rotatable bonds is 2. The highest BCUT2D eigenvalue weighted by Gasteiger charge is 2.41. The number of hydrogen-bond acceptors (Lipinski definition) is 1. The van der Waals surface area contributed by atoms with E-state index in [2.05, 4.69) is 138 Å². The lowest BCUT2D eigenvalue weighted by Gasteiger charge is -2.23. The Labute approximate surface area is 237 Å². The number of fused-ring (bicyclic) bond motifs is 12. The maximum absolute atomic E-state index is 4.90. The number of para-hydroxylation sites is 3. The highest BCUT2D eigenvalue weighted by Crippen LogP contribution is 2.58. The monoisotopic (exact) mass is 525 g/mol. The van der Waals surface area contributed by atoms with Gasteiger partial charge in [0.25, 0.3) is 0 Å². The molecule has 3 nitrogen and oxygen atoms in total. The summed E-state index contributed by atoms with van der Waals surface area (Å²) in [6, 6.07) is 43.8. The molecule has 1 aliphatic carbocycles. The zero-order valence-electron chi connectivity index (χ0n) is 23.0. The smallest absolute Gasteiger partial charge is 0.137 e. The van der Waals surface area contributed by atoms with Gasteiger partial charge in [-0.2, -0.15) is 0 Å². The molecule has 0 aliphatic heterocycles. The van der Waals surface area contributed by atoms with E-state index in [1.54, 1.807) is 0 Å². The minimum Gasteiger partial charge on any atom is -0.309 e. The number of pyridine rings is 1. The van der Waals surface area contributed by atoms with Gasteiger partial charge in [0, 0.05) is 44.4 Å². The molecule has 9 rings (SSSR count). The summed E-state index contributed by atoms with van der Waals surface area (Å²) < 4.78 is 4.88. The highest BCUT2D eigenvalue weighted by molar-refractivity contribution is 6.31. The summed E-state index contributed by atoms with van der Waals surface area (Å²) in [5.74, 6) is 0.935. The summed E-state index contributed by atoms with van der Waals surface area (Å²) in [4.78, 5) is 4.90. The molecule has 0 saturated heterocycles. The lowest BCUT2D eigenvalue weighted by atomic mass is 9.80. The van der Waals surface area contributed by atoms with Gasteiger partial charge in [-0.05, 0) is 53.1 Å². The largest absolute Gasteiger partial charge is 0.309 e. The van der Waals surface area contributed by atoms with E-state index in [4.69, 9.17) is 4.98 Å². The fourth-order valence-electron chi connectivity index (χ4n) is 7.53. The van der Waals surface area contributed by atoms with E-state index < -0.39 is 0 Å². The summed E-state index contributed by atoms with van der Waals surface area (Å²) in [7, 11) is 0. The van der Waals surface area contributed by atoms with Gasteiger partial charge in [-0.15, -0.1) is 0 Å². The second kappa shape index (κ2) is 7.96. The van der Waals surface area contributed by atoms with Crippen molar-refractivity contribution >= 4 is 43.6 Å². The number of aromatic nitrogens is 3. The molecule has 3 heteroatoms. The van der Waals surface area contributed by atoms with Crippen molar-refractivity contribution in [3.63, 3.8) is 0 Å². The van der Waals surface area contributed by atoms with E-state index in [1.807, 2.05) is 12.3 Å². The molecule has 5 aromatic carbocycles. The maximum atomic E-state index is 4.90. The quantitative estimate of drug-likeness (QED) is 0.220. The molecule has 3 aromatic heterocycles. The van der Waals surface area contributed by atoms with Crippen LogP contribution in [-0.2, 0) is 5.41 Å². The third-order valence-electron chi connectivity index (χ3n) is 9.11. The molecule has 194 valence electrons. The molecule has 0 amide bonds. The molecule has 41 heavy (non-hydrogen) atoms. The fourth-order valence-corrected chi connectivity index (χ4v) is 7.53. The number of nitrogens with zero attached hydrogens (tertiary/aromatic N) is 3. The van der Waals surface area contributed by atoms with E-state index in [1.165, 1.54) is 71.6 Å². The number of hydrogen-bond donors (Lipinski definition) is 0. The lowest BCUT2D eigenvalue weighted by molar-refractivity contribution is 0.667. The van der Waals surface area contributed by atoms with Crippen LogP contribution in [0, 0.1) is 0 Å². The molecule has 1 aliphatic rings. The molecule has 0 radical (unpaired) electrons. The van der Waals surface area contributed by atoms with Crippen LogP contribution in [0.1, 0.15) is 25.0 Å². The van der Waals surface area contributed by atoms with Crippen LogP contribution < -0.4 is 0 Å². The zero-order chi connectivity index (χ0) is 27.3. The first-order valence-electron chi connectivity index (χ1n) is 14.3. The minimum atomic E-state index is -0.185. The molecular weight excluding hydrogens is 498 g/mol. The van der Waals surface area contributed by atoms with Crippen molar-refractivity contribution in [2.75, 3.05) is 0 Å². The Balaban J connectivity index is 1.68. The van der Waals surface area contributed by atoms with Crippen molar-refractivity contribution in [1.82, 2.24) is 14.1 Å². The number of benzene rings is 5. The summed E-state index contributed by atoms with van der Waals surface area (Å²) in [6.07, 6.45) is 1.90. The minimum absolute atomic E-state index is 0.185. The van der Waals surface area contributed by atoms with E-state index in [0.717, 1.165) is 5.82 Å². The third-order valence-corrected chi connectivity index (χ3v) is 9.11. The van der Waals surface area contributed by atoms with Gasteiger partial charge in [0.15, 0.2) is 0 Å². The Morgan fingerprint density at radius 1 is 0.561 bits per heavy atom. The van der Waals surface area contributed by atoms with Crippen molar-refractivity contribution in [2.24, 2.45) is 0 Å². The van der Waals surface area contributed by atoms with Gasteiger partial charge < -0.3 is 4.57 Å². The van der Waals surface area contributed by atoms with Gasteiger partial charge in [-0.3, -0.25) is 4.57 Å². The van der Waals surface area contributed by atoms with E-state index in [-0.39, 0.29) is 5.41 Å². The van der Waals surface area contributed by atoms with Gasteiger partial charge in [0.2, 0.25) is 0 Å². The molecule has 0 bridgehead atoms. The second-order valence-corrected chi connectivity index (χ2v) is 11.6. The summed E-state index contributed by atoms with van der Waals surface area (Å²) >= 11 is 0. The highest BCUT2D eigenvalue weighted by atomic mass is 15.1. The normalized spacial score (nSPS) is 13.8. The van der Waals surface area contributed by atoms with Crippen molar-refractivity contribution < 1.29 is 0 Å². The van der Waals surface area contributed by atoms with Crippen LogP contribution in [0.25, 0.3) is 66.2 Å². The molecule has 0 spiro atoms. The first-order chi connectivity index (χ1) is 20.2. The van der Waals surface area contributed by atoms with Crippen LogP contribution in [0.15, 0.2) is 128 Å². The summed E-state index contributed by atoms with van der Waals surface area (Å²) in [6.45, 7) is 4.79. The molecule has 0 fully saturated rings. The standard InChI is InChI=1S/C38H27N3/c1-38(2)28-19-9-6-16-25(28)32-35(38)33-26-17-7-11-21-30(26)41(31-22-12-13-23-39-31)37(33)34-27-18-8-10-20-29(27)40(36(32)34)24-14-4-3-5-15-24/h3-23H,1-2H3. The van der Waals surface area contributed by atoms with Crippen molar-refractivity contribution in [3.05, 3.63) is 139 Å². The summed E-state index contributed by atoms with van der Waals surface area (Å²) in [5, 5.41) is 5.11. The van der Waals surface area contributed by atoms with E-state index >= 15 is 0 Å². The fraction of sp³-hybridized carbons (Fsp3) is 0.0789. The van der Waals surface area contributed by atoms with Gasteiger partial charge in [-0.25, -0.2) is 4.98 Å². The molecule has 0 N–H and O–H groups in total. The van der Waals surface area contributed by atoms with Crippen LogP contribution in [-0.4, -0.2) is 14.1 Å². The van der Waals surface area contributed by atoms with Gasteiger partial charge in [-0.1, -0.05) is 98.8 Å². The molecule has 0 saturated carbocycles. The van der Waals surface area contributed by atoms with Gasteiger partial charge in [0.1, 0.15) is 5.82 Å². The molecule has 8 aromatic rings. The van der Waals surface area contributed by atoms with Crippen LogP contribution >= 0.6 is 0 Å². The first-order valence-corrected chi connectivity index (χ1v) is 14.3. The Kier molecular flexibility index (Phi) is 4.39. The SMILES string of the molecule is CC1(C)c2ccccc2-c2c1c1c3ccccc3n(-c3ccccn3)c1c1c3ccccc3n(-c3ccccc3)c21. The Morgan fingerprint density at radius 3 is 1.95 bits per heavy atom. The van der Waals surface area contributed by atoms with E-state index in [9.17, 15) is 0 Å². The molecule has 0 unspecified atom stereocenters. The van der Waals surface area contributed by atoms with Crippen LogP contribution in [0.3, 0.4) is 0 Å². The molecule has 3 heterocycles. The predicted molar refractivity (Wildman–Crippen MR) is 170 cm³/mol. The molecular formula is C38H27N3. The average molecular weight is 526 g/mol. The van der Waals surface area contributed by atoms with Crippen LogP contribution in [0.5, 0.6) is 0 Å². The van der Waals surface area contributed by atoms with E-state index in [0.29, 0.717) is 0 Å². The Bertz CT molecular complexity index is 2320. The summed E-state index contributed by atoms with van der Waals surface area (Å²) in [5.41, 5.74) is 11.3. The molecule has 0 atom stereocenters. The average Bonchev–Trinajstić information content (AvgIpc) is 3.62. The predicted octanol–water partition coefficient (Wildman–Crippen LogP) is 9.58. The van der Waals surface area contributed by atoms with Crippen LogP contribution in [0.4, 0.5) is 0 Å². The zero-order valence-corrected chi connectivity index (χ0v) is 23.0. The van der Waals surface area contributed by atoms with Crippen molar-refractivity contribution in [1.29, 1.82) is 0 Å². The Morgan fingerprint density at radius 2 is 1.20 bits per heavy atom. The Hall–Kier alpha value is -5.15. The second-order valence-electron chi connectivity index (χ2n) is 11.6. The van der Waals surface area contributed by atoms with Crippen molar-refractivity contribution in [3.8, 4) is 22.6 Å². The van der Waals surface area contributed by atoms with Crippen molar-refractivity contribution in [2.45, 2.75) is 19.3 Å².